The van der Waals surface area contributed by atoms with Crippen LogP contribution in [0.4, 0.5) is 0 Å². The van der Waals surface area contributed by atoms with Gasteiger partial charge in [0.15, 0.2) is 0 Å². The monoisotopic (exact) mass is 344 g/mol. The first-order chi connectivity index (χ1) is 12.3. The quantitative estimate of drug-likeness (QED) is 0.476. The van der Waals surface area contributed by atoms with Gasteiger partial charge >= 0.3 is 0 Å². The summed E-state index contributed by atoms with van der Waals surface area (Å²) in [5, 5.41) is 0. The molecule has 0 N–H and O–H groups in total. The van der Waals surface area contributed by atoms with E-state index in [1.54, 1.807) is 22.3 Å². The van der Waals surface area contributed by atoms with Crippen molar-refractivity contribution in [3.63, 3.8) is 0 Å². The second-order valence-corrected chi connectivity index (χ2v) is 10.2. The molecule has 0 spiro atoms. The van der Waals surface area contributed by atoms with Gasteiger partial charge in [-0.3, -0.25) is 0 Å². The fourth-order valence-electron chi connectivity index (χ4n) is 6.56. The lowest BCUT2D eigenvalue weighted by Crippen LogP contribution is -2.49. The molecule has 1 fully saturated rings. The molecule has 0 bridgehead atoms. The maximum atomic E-state index is 2.54. The van der Waals surface area contributed by atoms with E-state index >= 15 is 0 Å². The third kappa shape index (κ3) is 1.91. The molecule has 136 valence electrons. The summed E-state index contributed by atoms with van der Waals surface area (Å²) in [6.07, 6.45) is 10.0. The van der Waals surface area contributed by atoms with Crippen molar-refractivity contribution >= 4 is 5.57 Å². The van der Waals surface area contributed by atoms with Gasteiger partial charge in [0.05, 0.1) is 0 Å². The van der Waals surface area contributed by atoms with Crippen LogP contribution in [0.25, 0.3) is 5.57 Å². The Kier molecular flexibility index (Phi) is 3.35. The van der Waals surface area contributed by atoms with E-state index in [4.69, 9.17) is 0 Å². The first-order valence-electron chi connectivity index (χ1n) is 10.6. The predicted octanol–water partition coefficient (Wildman–Crippen LogP) is 6.98. The number of allylic oxidation sites excluding steroid dienone is 6. The van der Waals surface area contributed by atoms with Gasteiger partial charge in [-0.2, -0.15) is 0 Å². The summed E-state index contributed by atoms with van der Waals surface area (Å²) in [5.41, 5.74) is 10.4. The minimum absolute atomic E-state index is 0.255. The predicted molar refractivity (Wildman–Crippen MR) is 111 cm³/mol. The first-order valence-corrected chi connectivity index (χ1v) is 10.6. The van der Waals surface area contributed by atoms with Crippen molar-refractivity contribution in [1.29, 1.82) is 0 Å². The fraction of sp³-hybridized carbons (Fsp3) is 0.538. The summed E-state index contributed by atoms with van der Waals surface area (Å²) in [4.78, 5) is 0. The van der Waals surface area contributed by atoms with Gasteiger partial charge in [0.2, 0.25) is 0 Å². The van der Waals surface area contributed by atoms with Crippen molar-refractivity contribution in [1.82, 2.24) is 0 Å². The van der Waals surface area contributed by atoms with Crippen LogP contribution in [-0.2, 0) is 6.42 Å². The maximum absolute atomic E-state index is 2.54. The zero-order valence-corrected chi connectivity index (χ0v) is 17.0. The first kappa shape index (κ1) is 16.6. The molecule has 1 aromatic carbocycles. The summed E-state index contributed by atoms with van der Waals surface area (Å²) >= 11 is 0. The van der Waals surface area contributed by atoms with Crippen LogP contribution in [0.2, 0.25) is 0 Å². The molecule has 0 heteroatoms. The summed E-state index contributed by atoms with van der Waals surface area (Å²) in [6.45, 7) is 12.6. The van der Waals surface area contributed by atoms with Crippen LogP contribution >= 0.6 is 0 Å². The van der Waals surface area contributed by atoms with Crippen LogP contribution in [0.5, 0.6) is 0 Å². The van der Waals surface area contributed by atoms with Crippen LogP contribution in [0, 0.1) is 28.6 Å². The smallest absolute Gasteiger partial charge is 0.00135 e. The molecule has 3 unspecified atom stereocenters. The lowest BCUT2D eigenvalue weighted by molar-refractivity contribution is 0.0111. The number of hydrogen-bond donors (Lipinski definition) is 0. The standard InChI is InChI=1S/C26H32/c1-16-14-21-19-12-8-9-13-20(19)23-18-11-7-6-10-17(18)15-22(23)24(21)26(4,5)25(16,2)3/h6-7,9-11,13,16,19,21H,8,12,14-15H2,1-5H3. The lowest BCUT2D eigenvalue weighted by atomic mass is 9.46. The van der Waals surface area contributed by atoms with Gasteiger partial charge in [0, 0.05) is 0 Å². The molecule has 3 atom stereocenters. The molecular formula is C26H32. The Morgan fingerprint density at radius 2 is 1.77 bits per heavy atom. The maximum Gasteiger partial charge on any atom is -0.00135 e. The van der Waals surface area contributed by atoms with Crippen LogP contribution in [0.15, 0.2) is 53.1 Å². The van der Waals surface area contributed by atoms with Crippen molar-refractivity contribution < 1.29 is 0 Å². The Balaban J connectivity index is 1.83. The molecule has 0 radical (unpaired) electrons. The van der Waals surface area contributed by atoms with Crippen molar-refractivity contribution in [2.45, 2.75) is 60.3 Å². The normalized spacial score (nSPS) is 33.5. The van der Waals surface area contributed by atoms with E-state index in [1.165, 1.54) is 24.8 Å². The Hall–Kier alpha value is -1.56. The summed E-state index contributed by atoms with van der Waals surface area (Å²) in [7, 11) is 0. The fourth-order valence-corrected chi connectivity index (χ4v) is 6.56. The highest BCUT2D eigenvalue weighted by Crippen LogP contribution is 2.65. The van der Waals surface area contributed by atoms with E-state index in [1.807, 2.05) is 5.57 Å². The van der Waals surface area contributed by atoms with E-state index in [0.717, 1.165) is 24.2 Å². The molecule has 0 nitrogen and oxygen atoms in total. The van der Waals surface area contributed by atoms with Gasteiger partial charge in [-0.25, -0.2) is 0 Å². The summed E-state index contributed by atoms with van der Waals surface area (Å²) in [5.74, 6) is 2.25. The van der Waals surface area contributed by atoms with Crippen LogP contribution in [0.3, 0.4) is 0 Å². The second-order valence-electron chi connectivity index (χ2n) is 10.2. The Bertz CT molecular complexity index is 871. The van der Waals surface area contributed by atoms with Gasteiger partial charge in [-0.1, -0.05) is 76.6 Å². The molecule has 0 heterocycles. The van der Waals surface area contributed by atoms with E-state index in [-0.39, 0.29) is 5.41 Å². The van der Waals surface area contributed by atoms with Crippen molar-refractivity contribution in [2.24, 2.45) is 28.6 Å². The van der Waals surface area contributed by atoms with E-state index in [0.29, 0.717) is 5.41 Å². The highest BCUT2D eigenvalue weighted by molar-refractivity contribution is 5.91. The van der Waals surface area contributed by atoms with Gasteiger partial charge in [0.1, 0.15) is 0 Å². The Morgan fingerprint density at radius 1 is 1.00 bits per heavy atom. The lowest BCUT2D eigenvalue weighted by Gasteiger charge is -2.58. The second kappa shape index (κ2) is 5.24. The van der Waals surface area contributed by atoms with Crippen molar-refractivity contribution in [3.05, 3.63) is 64.3 Å². The molecule has 0 aromatic heterocycles. The highest BCUT2D eigenvalue weighted by Gasteiger charge is 2.55. The molecular weight excluding hydrogens is 312 g/mol. The SMILES string of the molecule is CC1CC2C(=C3Cc4ccccc4C3=C3C=CCCC32)C(C)(C)C1(C)C. The average Bonchev–Trinajstić information content (AvgIpc) is 2.99. The molecule has 5 rings (SSSR count). The summed E-state index contributed by atoms with van der Waals surface area (Å²) in [6, 6.07) is 9.17. The van der Waals surface area contributed by atoms with E-state index in [9.17, 15) is 0 Å². The van der Waals surface area contributed by atoms with Crippen LogP contribution in [-0.4, -0.2) is 0 Å². The highest BCUT2D eigenvalue weighted by atomic mass is 14.6. The third-order valence-electron chi connectivity index (χ3n) is 8.89. The van der Waals surface area contributed by atoms with Gasteiger partial charge < -0.3 is 0 Å². The van der Waals surface area contributed by atoms with Gasteiger partial charge in [0.25, 0.3) is 0 Å². The molecule has 4 aliphatic carbocycles. The number of rotatable bonds is 0. The molecule has 1 aromatic rings. The minimum Gasteiger partial charge on any atom is -0.0842 e. The molecule has 1 saturated carbocycles. The van der Waals surface area contributed by atoms with E-state index < -0.39 is 0 Å². The largest absolute Gasteiger partial charge is 0.0842 e. The number of benzene rings is 1. The van der Waals surface area contributed by atoms with Gasteiger partial charge in [-0.15, -0.1) is 0 Å². The van der Waals surface area contributed by atoms with Crippen LogP contribution in [0.1, 0.15) is 65.0 Å². The minimum atomic E-state index is 0.255. The zero-order chi connectivity index (χ0) is 18.3. The number of fused-ring (bicyclic) bond motifs is 6. The zero-order valence-electron chi connectivity index (χ0n) is 17.0. The Labute approximate surface area is 159 Å². The van der Waals surface area contributed by atoms with Crippen LogP contribution < -0.4 is 0 Å². The molecule has 0 aliphatic heterocycles. The average molecular weight is 345 g/mol. The Morgan fingerprint density at radius 3 is 2.58 bits per heavy atom. The van der Waals surface area contributed by atoms with Gasteiger partial charge in [-0.05, 0) is 82.1 Å². The molecule has 4 aliphatic rings. The number of hydrogen-bond acceptors (Lipinski definition) is 0. The van der Waals surface area contributed by atoms with E-state index in [2.05, 4.69) is 71.0 Å². The molecule has 0 saturated heterocycles. The molecule has 0 amide bonds. The van der Waals surface area contributed by atoms with Crippen molar-refractivity contribution in [3.8, 4) is 0 Å². The molecule has 26 heavy (non-hydrogen) atoms. The van der Waals surface area contributed by atoms with Crippen molar-refractivity contribution in [2.75, 3.05) is 0 Å². The topological polar surface area (TPSA) is 0 Å². The summed E-state index contributed by atoms with van der Waals surface area (Å²) < 4.78 is 0. The third-order valence-corrected chi connectivity index (χ3v) is 8.89.